The molecule has 100 valence electrons. The van der Waals surface area contributed by atoms with Gasteiger partial charge in [0.1, 0.15) is 0 Å². The van der Waals surface area contributed by atoms with Gasteiger partial charge >= 0.3 is 0 Å². The van der Waals surface area contributed by atoms with Crippen molar-refractivity contribution < 1.29 is 0 Å². The Morgan fingerprint density at radius 1 is 1.22 bits per heavy atom. The molecule has 0 unspecified atom stereocenters. The van der Waals surface area contributed by atoms with Crippen LogP contribution in [-0.2, 0) is 0 Å². The number of hydrogen-bond acceptors (Lipinski definition) is 3. The first-order chi connectivity index (χ1) is 8.72. The standard InChI is InChI=1S/C13H22N4S/c1-2-3-4-5-6-9-18-12-8-7-11(10-16-12)17-13(14)15/h7-8,10H,2-6,9H2,1H3,(H4,14,15,17). The zero-order valence-electron chi connectivity index (χ0n) is 10.9. The molecule has 0 atom stereocenters. The normalized spacial score (nSPS) is 10.3. The van der Waals surface area contributed by atoms with Gasteiger partial charge in [-0.2, -0.15) is 0 Å². The maximum atomic E-state index is 5.30. The topological polar surface area (TPSA) is 77.3 Å². The van der Waals surface area contributed by atoms with Crippen LogP contribution in [0.3, 0.4) is 0 Å². The third kappa shape index (κ3) is 6.49. The Hall–Kier alpha value is -1.23. The molecule has 1 aromatic heterocycles. The van der Waals surface area contributed by atoms with E-state index in [9.17, 15) is 0 Å². The predicted molar refractivity (Wildman–Crippen MR) is 79.2 cm³/mol. The summed E-state index contributed by atoms with van der Waals surface area (Å²) in [6.07, 6.45) is 8.24. The van der Waals surface area contributed by atoms with Crippen LogP contribution in [0.15, 0.2) is 28.3 Å². The summed E-state index contributed by atoms with van der Waals surface area (Å²) >= 11 is 1.78. The third-order valence-corrected chi connectivity index (χ3v) is 3.51. The molecule has 0 fully saturated rings. The molecule has 1 rings (SSSR count). The molecule has 1 heterocycles. The van der Waals surface area contributed by atoms with E-state index in [0.717, 1.165) is 10.8 Å². The molecule has 0 aliphatic rings. The maximum Gasteiger partial charge on any atom is 0.191 e. The second-order valence-electron chi connectivity index (χ2n) is 4.15. The number of hydrogen-bond donors (Lipinski definition) is 2. The SMILES string of the molecule is CCCCCCCSc1ccc(N=C(N)N)cn1. The second kappa shape index (κ2) is 8.80. The molecule has 4 nitrogen and oxygen atoms in total. The van der Waals surface area contributed by atoms with Gasteiger partial charge in [0.15, 0.2) is 5.96 Å². The smallest absolute Gasteiger partial charge is 0.191 e. The molecule has 0 spiro atoms. The Morgan fingerprint density at radius 3 is 2.61 bits per heavy atom. The average molecular weight is 266 g/mol. The Balaban J connectivity index is 2.25. The molecule has 0 aliphatic carbocycles. The molecule has 0 bridgehead atoms. The van der Waals surface area contributed by atoms with Crippen LogP contribution in [0.5, 0.6) is 0 Å². The minimum Gasteiger partial charge on any atom is -0.370 e. The Bertz CT molecular complexity index is 358. The summed E-state index contributed by atoms with van der Waals surface area (Å²) in [5.41, 5.74) is 11.3. The number of aromatic nitrogens is 1. The van der Waals surface area contributed by atoms with Gasteiger partial charge in [-0.15, -0.1) is 11.8 Å². The van der Waals surface area contributed by atoms with E-state index in [1.54, 1.807) is 18.0 Å². The van der Waals surface area contributed by atoms with E-state index in [-0.39, 0.29) is 5.96 Å². The van der Waals surface area contributed by atoms with Gasteiger partial charge in [0.2, 0.25) is 0 Å². The maximum absolute atomic E-state index is 5.30. The highest BCUT2D eigenvalue weighted by Crippen LogP contribution is 2.20. The van der Waals surface area contributed by atoms with Gasteiger partial charge in [-0.3, -0.25) is 0 Å². The highest BCUT2D eigenvalue weighted by Gasteiger charge is 1.97. The quantitative estimate of drug-likeness (QED) is 0.328. The number of guanidine groups is 1. The fourth-order valence-electron chi connectivity index (χ4n) is 1.56. The van der Waals surface area contributed by atoms with Crippen molar-refractivity contribution in [2.24, 2.45) is 16.5 Å². The van der Waals surface area contributed by atoms with Gasteiger partial charge in [-0.1, -0.05) is 32.6 Å². The lowest BCUT2D eigenvalue weighted by molar-refractivity contribution is 0.659. The molecule has 0 aliphatic heterocycles. The number of thioether (sulfide) groups is 1. The summed E-state index contributed by atoms with van der Waals surface area (Å²) in [5, 5.41) is 1.03. The van der Waals surface area contributed by atoms with Crippen molar-refractivity contribution in [3.05, 3.63) is 18.3 Å². The number of rotatable bonds is 8. The number of nitrogens with zero attached hydrogens (tertiary/aromatic N) is 2. The van der Waals surface area contributed by atoms with E-state index in [0.29, 0.717) is 5.69 Å². The molecule has 1 aromatic rings. The lowest BCUT2D eigenvalue weighted by atomic mass is 10.2. The highest BCUT2D eigenvalue weighted by molar-refractivity contribution is 7.99. The van der Waals surface area contributed by atoms with Crippen LogP contribution < -0.4 is 11.5 Å². The Morgan fingerprint density at radius 2 is 2.00 bits per heavy atom. The first-order valence-electron chi connectivity index (χ1n) is 6.41. The number of pyridine rings is 1. The zero-order valence-corrected chi connectivity index (χ0v) is 11.7. The van der Waals surface area contributed by atoms with Gasteiger partial charge in [-0.25, -0.2) is 9.98 Å². The lowest BCUT2D eigenvalue weighted by Crippen LogP contribution is -2.21. The van der Waals surface area contributed by atoms with Gasteiger partial charge in [-0.05, 0) is 24.3 Å². The van der Waals surface area contributed by atoms with Gasteiger partial charge < -0.3 is 11.5 Å². The average Bonchev–Trinajstić information content (AvgIpc) is 2.35. The molecular formula is C13H22N4S. The molecule has 0 saturated heterocycles. The van der Waals surface area contributed by atoms with E-state index >= 15 is 0 Å². The minimum absolute atomic E-state index is 0.0631. The summed E-state index contributed by atoms with van der Waals surface area (Å²) in [5.74, 6) is 1.19. The van der Waals surface area contributed by atoms with Gasteiger partial charge in [0, 0.05) is 0 Å². The van der Waals surface area contributed by atoms with E-state index in [1.165, 1.54) is 32.1 Å². The van der Waals surface area contributed by atoms with Crippen LogP contribution >= 0.6 is 11.8 Å². The van der Waals surface area contributed by atoms with Crippen molar-refractivity contribution in [3.8, 4) is 0 Å². The summed E-state index contributed by atoms with van der Waals surface area (Å²) in [6, 6.07) is 3.84. The molecule has 0 saturated carbocycles. The molecule has 4 N–H and O–H groups in total. The van der Waals surface area contributed by atoms with Crippen LogP contribution in [0.25, 0.3) is 0 Å². The monoisotopic (exact) mass is 266 g/mol. The Labute approximate surface area is 113 Å². The van der Waals surface area contributed by atoms with Crippen molar-refractivity contribution in [2.45, 2.75) is 44.1 Å². The van der Waals surface area contributed by atoms with E-state index in [1.807, 2.05) is 12.1 Å². The number of aliphatic imine (C=N–C) groups is 1. The van der Waals surface area contributed by atoms with Crippen molar-refractivity contribution in [1.82, 2.24) is 4.98 Å². The zero-order chi connectivity index (χ0) is 13.2. The van der Waals surface area contributed by atoms with E-state index < -0.39 is 0 Å². The molecule has 5 heteroatoms. The predicted octanol–water partition coefficient (Wildman–Crippen LogP) is 3.05. The second-order valence-corrected chi connectivity index (χ2v) is 5.27. The molecule has 0 aromatic carbocycles. The van der Waals surface area contributed by atoms with E-state index in [2.05, 4.69) is 16.9 Å². The van der Waals surface area contributed by atoms with Crippen LogP contribution in [0.1, 0.15) is 39.0 Å². The van der Waals surface area contributed by atoms with Crippen molar-refractivity contribution in [3.63, 3.8) is 0 Å². The van der Waals surface area contributed by atoms with Crippen molar-refractivity contribution in [1.29, 1.82) is 0 Å². The summed E-state index contributed by atoms with van der Waals surface area (Å²) in [4.78, 5) is 8.24. The summed E-state index contributed by atoms with van der Waals surface area (Å²) in [7, 11) is 0. The molecule has 0 radical (unpaired) electrons. The van der Waals surface area contributed by atoms with E-state index in [4.69, 9.17) is 11.5 Å². The van der Waals surface area contributed by atoms with Crippen LogP contribution in [-0.4, -0.2) is 16.7 Å². The molecular weight excluding hydrogens is 244 g/mol. The number of nitrogens with two attached hydrogens (primary N) is 2. The third-order valence-electron chi connectivity index (χ3n) is 2.48. The first kappa shape index (κ1) is 14.8. The van der Waals surface area contributed by atoms with Crippen LogP contribution in [0, 0.1) is 0 Å². The minimum atomic E-state index is 0.0631. The Kier molecular flexibility index (Phi) is 7.25. The largest absolute Gasteiger partial charge is 0.370 e. The van der Waals surface area contributed by atoms with Crippen molar-refractivity contribution >= 4 is 23.4 Å². The van der Waals surface area contributed by atoms with Crippen molar-refractivity contribution in [2.75, 3.05) is 5.75 Å². The summed E-state index contributed by atoms with van der Waals surface area (Å²) in [6.45, 7) is 2.23. The summed E-state index contributed by atoms with van der Waals surface area (Å²) < 4.78 is 0. The molecule has 18 heavy (non-hydrogen) atoms. The van der Waals surface area contributed by atoms with Crippen LogP contribution in [0.4, 0.5) is 5.69 Å². The first-order valence-corrected chi connectivity index (χ1v) is 7.39. The molecule has 0 amide bonds. The highest BCUT2D eigenvalue weighted by atomic mass is 32.2. The fraction of sp³-hybridized carbons (Fsp3) is 0.538. The number of unbranched alkanes of at least 4 members (excludes halogenated alkanes) is 4. The van der Waals surface area contributed by atoms with Gasteiger partial charge in [0.05, 0.1) is 16.9 Å². The van der Waals surface area contributed by atoms with Crippen LogP contribution in [0.2, 0.25) is 0 Å². The van der Waals surface area contributed by atoms with Gasteiger partial charge in [0.25, 0.3) is 0 Å². The fourth-order valence-corrected chi connectivity index (χ4v) is 2.40. The lowest BCUT2D eigenvalue weighted by Gasteiger charge is -2.01.